The number of carbonyl (C=O) groups excluding carboxylic acids is 1. The number of aromatic amines is 1. The molecule has 4 aromatic rings. The van der Waals surface area contributed by atoms with Crippen molar-refractivity contribution in [2.24, 2.45) is 0 Å². The van der Waals surface area contributed by atoms with E-state index in [4.69, 9.17) is 0 Å². The van der Waals surface area contributed by atoms with Crippen molar-refractivity contribution >= 4 is 28.3 Å². The highest BCUT2D eigenvalue weighted by molar-refractivity contribution is 5.93. The van der Waals surface area contributed by atoms with E-state index in [0.717, 1.165) is 23.2 Å². The van der Waals surface area contributed by atoms with Crippen molar-refractivity contribution in [1.29, 1.82) is 0 Å². The van der Waals surface area contributed by atoms with Gasteiger partial charge in [-0.25, -0.2) is 9.97 Å². The van der Waals surface area contributed by atoms with Crippen molar-refractivity contribution in [3.63, 3.8) is 0 Å². The van der Waals surface area contributed by atoms with Gasteiger partial charge in [0.05, 0.1) is 0 Å². The summed E-state index contributed by atoms with van der Waals surface area (Å²) in [5.41, 5.74) is 4.68. The molecular weight excluding hydrogens is 350 g/mol. The fourth-order valence-electron chi connectivity index (χ4n) is 3.14. The SMILES string of the molecule is Cc1ccccc1Nc1cc(C(=O)NCCc2c[nH]c3ccccc23)ncn1. The summed E-state index contributed by atoms with van der Waals surface area (Å²) in [6, 6.07) is 17.7. The molecule has 0 radical (unpaired) electrons. The van der Waals surface area contributed by atoms with Crippen LogP contribution in [0.5, 0.6) is 0 Å². The minimum absolute atomic E-state index is 0.213. The van der Waals surface area contributed by atoms with Gasteiger partial charge in [0.25, 0.3) is 5.91 Å². The largest absolute Gasteiger partial charge is 0.361 e. The summed E-state index contributed by atoms with van der Waals surface area (Å²) >= 11 is 0. The van der Waals surface area contributed by atoms with Crippen molar-refractivity contribution in [1.82, 2.24) is 20.3 Å². The lowest BCUT2D eigenvalue weighted by molar-refractivity contribution is 0.0949. The number of aromatic nitrogens is 3. The number of hydrogen-bond donors (Lipinski definition) is 3. The van der Waals surface area contributed by atoms with E-state index < -0.39 is 0 Å². The lowest BCUT2D eigenvalue weighted by Crippen LogP contribution is -2.26. The Hall–Kier alpha value is -3.67. The van der Waals surface area contributed by atoms with Gasteiger partial charge >= 0.3 is 0 Å². The topological polar surface area (TPSA) is 82.7 Å². The maximum Gasteiger partial charge on any atom is 0.270 e. The quantitative estimate of drug-likeness (QED) is 0.479. The van der Waals surface area contributed by atoms with Crippen molar-refractivity contribution in [2.45, 2.75) is 13.3 Å². The fourth-order valence-corrected chi connectivity index (χ4v) is 3.14. The zero-order valence-corrected chi connectivity index (χ0v) is 15.6. The molecule has 0 atom stereocenters. The molecule has 0 aliphatic rings. The molecule has 0 spiro atoms. The predicted octanol–water partition coefficient (Wildman–Crippen LogP) is 3.98. The van der Waals surface area contributed by atoms with Crippen LogP contribution in [0.15, 0.2) is 67.1 Å². The number of benzene rings is 2. The second kappa shape index (κ2) is 7.92. The van der Waals surface area contributed by atoms with Gasteiger partial charge in [-0.3, -0.25) is 4.79 Å². The standard InChI is InChI=1S/C22H21N5O/c1-15-6-2-4-8-18(15)27-21-12-20(25-14-26-21)22(28)23-11-10-16-13-24-19-9-5-3-7-17(16)19/h2-9,12-14,24H,10-11H2,1H3,(H,23,28)(H,25,26,27). The van der Waals surface area contributed by atoms with Crippen molar-refractivity contribution in [2.75, 3.05) is 11.9 Å². The predicted molar refractivity (Wildman–Crippen MR) is 111 cm³/mol. The van der Waals surface area contributed by atoms with Crippen LogP contribution in [-0.2, 0) is 6.42 Å². The third-order valence-electron chi connectivity index (χ3n) is 4.66. The van der Waals surface area contributed by atoms with Crippen LogP contribution in [0.25, 0.3) is 10.9 Å². The summed E-state index contributed by atoms with van der Waals surface area (Å²) in [6.07, 6.45) is 4.13. The Labute approximate surface area is 163 Å². The number of rotatable bonds is 6. The van der Waals surface area contributed by atoms with E-state index in [-0.39, 0.29) is 5.91 Å². The van der Waals surface area contributed by atoms with Crippen LogP contribution >= 0.6 is 0 Å². The van der Waals surface area contributed by atoms with Crippen LogP contribution in [0.1, 0.15) is 21.6 Å². The second-order valence-corrected chi connectivity index (χ2v) is 6.59. The molecule has 2 heterocycles. The Morgan fingerprint density at radius 2 is 1.89 bits per heavy atom. The van der Waals surface area contributed by atoms with Crippen molar-refractivity contribution in [3.05, 3.63) is 83.9 Å². The summed E-state index contributed by atoms with van der Waals surface area (Å²) in [5, 5.41) is 7.35. The molecule has 1 amide bonds. The third-order valence-corrected chi connectivity index (χ3v) is 4.66. The van der Waals surface area contributed by atoms with Gasteiger partial charge in [0.2, 0.25) is 0 Å². The van der Waals surface area contributed by atoms with E-state index in [1.807, 2.05) is 55.6 Å². The number of nitrogens with one attached hydrogen (secondary N) is 3. The summed E-state index contributed by atoms with van der Waals surface area (Å²) in [4.78, 5) is 24.0. The number of anilines is 2. The molecule has 0 saturated heterocycles. The molecule has 0 saturated carbocycles. The molecule has 6 heteroatoms. The van der Waals surface area contributed by atoms with E-state index in [0.29, 0.717) is 18.1 Å². The smallest absolute Gasteiger partial charge is 0.270 e. The normalized spacial score (nSPS) is 10.8. The molecule has 140 valence electrons. The maximum absolute atomic E-state index is 12.5. The number of H-pyrrole nitrogens is 1. The first-order valence-corrected chi connectivity index (χ1v) is 9.18. The van der Waals surface area contributed by atoms with Gasteiger partial charge in [0, 0.05) is 35.4 Å². The Morgan fingerprint density at radius 3 is 2.79 bits per heavy atom. The zero-order chi connectivity index (χ0) is 19.3. The number of para-hydroxylation sites is 2. The lowest BCUT2D eigenvalue weighted by Gasteiger charge is -2.09. The molecule has 0 fully saturated rings. The van der Waals surface area contributed by atoms with E-state index in [2.05, 4.69) is 31.7 Å². The van der Waals surface area contributed by atoms with E-state index in [1.165, 1.54) is 17.3 Å². The number of hydrogen-bond acceptors (Lipinski definition) is 4. The summed E-state index contributed by atoms with van der Waals surface area (Å²) in [6.45, 7) is 2.55. The van der Waals surface area contributed by atoms with E-state index in [1.54, 1.807) is 6.07 Å². The Balaban J connectivity index is 1.39. The van der Waals surface area contributed by atoms with Crippen molar-refractivity contribution in [3.8, 4) is 0 Å². The molecule has 6 nitrogen and oxygen atoms in total. The average molecular weight is 371 g/mol. The molecule has 0 aliphatic heterocycles. The Morgan fingerprint density at radius 1 is 1.07 bits per heavy atom. The van der Waals surface area contributed by atoms with Gasteiger partial charge in [-0.15, -0.1) is 0 Å². The fraction of sp³-hybridized carbons (Fsp3) is 0.136. The molecular formula is C22H21N5O. The highest BCUT2D eigenvalue weighted by atomic mass is 16.1. The Bertz CT molecular complexity index is 1120. The minimum Gasteiger partial charge on any atom is -0.361 e. The molecule has 0 bridgehead atoms. The molecule has 4 rings (SSSR count). The molecule has 3 N–H and O–H groups in total. The minimum atomic E-state index is -0.213. The van der Waals surface area contributed by atoms with Gasteiger partial charge in [-0.2, -0.15) is 0 Å². The van der Waals surface area contributed by atoms with Crippen LogP contribution in [0.3, 0.4) is 0 Å². The highest BCUT2D eigenvalue weighted by Gasteiger charge is 2.10. The molecule has 0 aliphatic carbocycles. The molecule has 2 aromatic carbocycles. The van der Waals surface area contributed by atoms with Crippen molar-refractivity contribution < 1.29 is 4.79 Å². The van der Waals surface area contributed by atoms with Crippen LogP contribution in [0, 0.1) is 6.92 Å². The summed E-state index contributed by atoms with van der Waals surface area (Å²) < 4.78 is 0. The van der Waals surface area contributed by atoms with Gasteiger partial charge in [-0.05, 0) is 36.6 Å². The first kappa shape index (κ1) is 17.7. The number of aryl methyl sites for hydroxylation is 1. The van der Waals surface area contributed by atoms with E-state index >= 15 is 0 Å². The highest BCUT2D eigenvalue weighted by Crippen LogP contribution is 2.19. The lowest BCUT2D eigenvalue weighted by atomic mass is 10.1. The maximum atomic E-state index is 12.5. The molecule has 28 heavy (non-hydrogen) atoms. The number of fused-ring (bicyclic) bond motifs is 1. The van der Waals surface area contributed by atoms with Crippen LogP contribution in [0.2, 0.25) is 0 Å². The van der Waals surface area contributed by atoms with Gasteiger partial charge in [-0.1, -0.05) is 36.4 Å². The number of amides is 1. The van der Waals surface area contributed by atoms with Gasteiger partial charge in [0.1, 0.15) is 17.8 Å². The van der Waals surface area contributed by atoms with Crippen LogP contribution in [0.4, 0.5) is 11.5 Å². The van der Waals surface area contributed by atoms with Crippen LogP contribution < -0.4 is 10.6 Å². The zero-order valence-electron chi connectivity index (χ0n) is 15.6. The Kier molecular flexibility index (Phi) is 5.01. The van der Waals surface area contributed by atoms with E-state index in [9.17, 15) is 4.79 Å². The summed E-state index contributed by atoms with van der Waals surface area (Å²) in [5.74, 6) is 0.376. The van der Waals surface area contributed by atoms with Crippen LogP contribution in [-0.4, -0.2) is 27.4 Å². The number of nitrogens with zero attached hydrogens (tertiary/aromatic N) is 2. The number of carbonyl (C=O) groups is 1. The second-order valence-electron chi connectivity index (χ2n) is 6.59. The molecule has 0 unspecified atom stereocenters. The third kappa shape index (κ3) is 3.86. The first-order valence-electron chi connectivity index (χ1n) is 9.18. The monoisotopic (exact) mass is 371 g/mol. The summed E-state index contributed by atoms with van der Waals surface area (Å²) in [7, 11) is 0. The first-order chi connectivity index (χ1) is 13.7. The van der Waals surface area contributed by atoms with Gasteiger partial charge in [0.15, 0.2) is 0 Å². The van der Waals surface area contributed by atoms with Gasteiger partial charge < -0.3 is 15.6 Å². The average Bonchev–Trinajstić information content (AvgIpc) is 3.13. The molecule has 2 aromatic heterocycles.